The van der Waals surface area contributed by atoms with Crippen LogP contribution in [-0.4, -0.2) is 20.5 Å². The van der Waals surface area contributed by atoms with Gasteiger partial charge in [0, 0.05) is 5.69 Å². The van der Waals surface area contributed by atoms with Crippen LogP contribution in [0.3, 0.4) is 0 Å². The van der Waals surface area contributed by atoms with Crippen LogP contribution in [0.1, 0.15) is 41.6 Å². The molecule has 0 spiro atoms. The fraction of sp³-hybridized carbons (Fsp3) is 0.333. The minimum absolute atomic E-state index is 0.102. The van der Waals surface area contributed by atoms with Gasteiger partial charge in [0.25, 0.3) is 0 Å². The van der Waals surface area contributed by atoms with Gasteiger partial charge in [-0.05, 0) is 25.0 Å². The number of nitrogens with zero attached hydrogens (tertiary/aromatic N) is 2. The van der Waals surface area contributed by atoms with E-state index in [0.717, 1.165) is 5.69 Å². The second-order valence-electron chi connectivity index (χ2n) is 4.17. The Morgan fingerprint density at radius 2 is 2.12 bits per heavy atom. The minimum Gasteiger partial charge on any atom is -0.477 e. The van der Waals surface area contributed by atoms with Crippen LogP contribution >= 0.6 is 0 Å². The van der Waals surface area contributed by atoms with E-state index in [9.17, 15) is 9.90 Å². The smallest absolute Gasteiger partial charge is 0.354 e. The van der Waals surface area contributed by atoms with Gasteiger partial charge in [-0.1, -0.05) is 19.9 Å². The molecule has 16 heavy (non-hydrogen) atoms. The summed E-state index contributed by atoms with van der Waals surface area (Å²) in [6.07, 6.45) is 0. The highest BCUT2D eigenvalue weighted by Crippen LogP contribution is 2.21. The van der Waals surface area contributed by atoms with E-state index in [-0.39, 0.29) is 11.6 Å². The van der Waals surface area contributed by atoms with Crippen LogP contribution in [-0.2, 0) is 0 Å². The van der Waals surface area contributed by atoms with Crippen molar-refractivity contribution in [3.05, 3.63) is 35.3 Å². The summed E-state index contributed by atoms with van der Waals surface area (Å²) in [6.45, 7) is 5.78. The maximum absolute atomic E-state index is 11.3. The number of carboxylic acid groups (broad SMARTS) is 1. The third-order valence-electron chi connectivity index (χ3n) is 2.62. The summed E-state index contributed by atoms with van der Waals surface area (Å²) in [5, 5.41) is 9.27. The largest absolute Gasteiger partial charge is 0.477 e. The molecule has 0 aliphatic rings. The Bertz CT molecular complexity index is 555. The van der Waals surface area contributed by atoms with Crippen molar-refractivity contribution in [2.45, 2.75) is 26.7 Å². The Morgan fingerprint density at radius 1 is 1.44 bits per heavy atom. The number of hydrogen-bond donors (Lipinski definition) is 1. The van der Waals surface area contributed by atoms with E-state index in [1.807, 2.05) is 39.0 Å². The van der Waals surface area contributed by atoms with Crippen LogP contribution in [0.2, 0.25) is 0 Å². The summed E-state index contributed by atoms with van der Waals surface area (Å²) >= 11 is 0. The van der Waals surface area contributed by atoms with Gasteiger partial charge in [0.2, 0.25) is 0 Å². The van der Waals surface area contributed by atoms with Gasteiger partial charge in [-0.3, -0.25) is 4.40 Å². The second kappa shape index (κ2) is 3.63. The zero-order chi connectivity index (χ0) is 11.9. The van der Waals surface area contributed by atoms with Crippen molar-refractivity contribution in [2.75, 3.05) is 0 Å². The molecule has 0 saturated carbocycles. The third-order valence-corrected chi connectivity index (χ3v) is 2.62. The molecule has 84 valence electrons. The molecule has 0 aromatic carbocycles. The number of pyridine rings is 1. The summed E-state index contributed by atoms with van der Waals surface area (Å²) in [5.41, 5.74) is 2.50. The van der Waals surface area contributed by atoms with E-state index >= 15 is 0 Å². The molecule has 4 nitrogen and oxygen atoms in total. The molecule has 0 unspecified atom stereocenters. The van der Waals surface area contributed by atoms with Gasteiger partial charge >= 0.3 is 5.97 Å². The Hall–Kier alpha value is -1.84. The van der Waals surface area contributed by atoms with E-state index < -0.39 is 5.97 Å². The molecular weight excluding hydrogens is 204 g/mol. The summed E-state index contributed by atoms with van der Waals surface area (Å²) in [5.74, 6) is -0.823. The lowest BCUT2D eigenvalue weighted by Gasteiger charge is -2.04. The van der Waals surface area contributed by atoms with E-state index in [0.29, 0.717) is 11.3 Å². The van der Waals surface area contributed by atoms with Crippen LogP contribution in [0.25, 0.3) is 5.65 Å². The van der Waals surface area contributed by atoms with Crippen molar-refractivity contribution < 1.29 is 9.90 Å². The number of carbonyl (C=O) groups is 1. The van der Waals surface area contributed by atoms with Crippen LogP contribution in [0.4, 0.5) is 0 Å². The number of aromatic carboxylic acids is 1. The molecule has 0 saturated heterocycles. The highest BCUT2D eigenvalue weighted by Gasteiger charge is 2.21. The molecule has 2 aromatic heterocycles. The number of rotatable bonds is 2. The van der Waals surface area contributed by atoms with Gasteiger partial charge in [-0.25, -0.2) is 9.78 Å². The van der Waals surface area contributed by atoms with E-state index in [2.05, 4.69) is 4.98 Å². The monoisotopic (exact) mass is 218 g/mol. The summed E-state index contributed by atoms with van der Waals surface area (Å²) in [4.78, 5) is 15.7. The first kappa shape index (κ1) is 10.7. The lowest BCUT2D eigenvalue weighted by atomic mass is 10.1. The Labute approximate surface area is 93.5 Å². The van der Waals surface area contributed by atoms with Gasteiger partial charge < -0.3 is 5.11 Å². The summed E-state index contributed by atoms with van der Waals surface area (Å²) < 4.78 is 1.69. The second-order valence-corrected chi connectivity index (χ2v) is 4.17. The molecule has 0 aliphatic carbocycles. The number of fused-ring (bicyclic) bond motifs is 1. The number of aromatic nitrogens is 2. The van der Waals surface area contributed by atoms with Gasteiger partial charge in [-0.15, -0.1) is 0 Å². The topological polar surface area (TPSA) is 54.6 Å². The van der Waals surface area contributed by atoms with Crippen molar-refractivity contribution in [1.82, 2.24) is 9.38 Å². The van der Waals surface area contributed by atoms with Gasteiger partial charge in [0.05, 0.1) is 5.69 Å². The molecule has 1 N–H and O–H groups in total. The minimum atomic E-state index is -0.925. The molecule has 4 heteroatoms. The van der Waals surface area contributed by atoms with Crippen LogP contribution in [0.5, 0.6) is 0 Å². The fourth-order valence-corrected chi connectivity index (χ4v) is 1.88. The van der Waals surface area contributed by atoms with E-state index in [1.165, 1.54) is 0 Å². The van der Waals surface area contributed by atoms with E-state index in [1.54, 1.807) is 4.40 Å². The number of hydrogen-bond acceptors (Lipinski definition) is 2. The first-order chi connectivity index (χ1) is 7.52. The SMILES string of the molecule is Cc1cccc2nc(C(C)C)c(C(=O)O)n12. The zero-order valence-corrected chi connectivity index (χ0v) is 9.56. The first-order valence-electron chi connectivity index (χ1n) is 5.23. The zero-order valence-electron chi connectivity index (χ0n) is 9.56. The number of carboxylic acids is 1. The highest BCUT2D eigenvalue weighted by atomic mass is 16.4. The average Bonchev–Trinajstić information content (AvgIpc) is 2.58. The fourth-order valence-electron chi connectivity index (χ4n) is 1.88. The van der Waals surface area contributed by atoms with Crippen molar-refractivity contribution >= 4 is 11.6 Å². The maximum atomic E-state index is 11.3. The van der Waals surface area contributed by atoms with Gasteiger partial charge in [-0.2, -0.15) is 0 Å². The highest BCUT2D eigenvalue weighted by molar-refractivity contribution is 5.88. The summed E-state index contributed by atoms with van der Waals surface area (Å²) in [7, 11) is 0. The molecule has 0 bridgehead atoms. The average molecular weight is 218 g/mol. The van der Waals surface area contributed by atoms with Crippen molar-refractivity contribution in [3.8, 4) is 0 Å². The van der Waals surface area contributed by atoms with Crippen LogP contribution < -0.4 is 0 Å². The third kappa shape index (κ3) is 1.46. The van der Waals surface area contributed by atoms with Crippen molar-refractivity contribution in [2.24, 2.45) is 0 Å². The molecule has 2 rings (SSSR count). The molecular formula is C12H14N2O2. The quantitative estimate of drug-likeness (QED) is 0.842. The molecule has 0 fully saturated rings. The standard InChI is InChI=1S/C12H14N2O2/c1-7(2)10-11(12(15)16)14-8(3)5-4-6-9(14)13-10/h4-7H,1-3H3,(H,15,16). The predicted octanol–water partition coefficient (Wildman–Crippen LogP) is 2.46. The number of imidazole rings is 1. The predicted molar refractivity (Wildman–Crippen MR) is 61.0 cm³/mol. The lowest BCUT2D eigenvalue weighted by molar-refractivity contribution is 0.0687. The molecule has 0 radical (unpaired) electrons. The van der Waals surface area contributed by atoms with Crippen molar-refractivity contribution in [3.63, 3.8) is 0 Å². The molecule has 2 aromatic rings. The molecule has 2 heterocycles. The van der Waals surface area contributed by atoms with Crippen LogP contribution in [0, 0.1) is 6.92 Å². The van der Waals surface area contributed by atoms with Crippen LogP contribution in [0.15, 0.2) is 18.2 Å². The van der Waals surface area contributed by atoms with E-state index in [4.69, 9.17) is 0 Å². The van der Waals surface area contributed by atoms with Crippen molar-refractivity contribution in [1.29, 1.82) is 0 Å². The first-order valence-corrected chi connectivity index (χ1v) is 5.23. The Morgan fingerprint density at radius 3 is 2.69 bits per heavy atom. The molecule has 0 aliphatic heterocycles. The number of aryl methyl sites for hydroxylation is 1. The maximum Gasteiger partial charge on any atom is 0.354 e. The molecule has 0 atom stereocenters. The Kier molecular flexibility index (Phi) is 2.42. The Balaban J connectivity index is 2.88. The normalized spacial score (nSPS) is 11.2. The van der Waals surface area contributed by atoms with Gasteiger partial charge in [0.15, 0.2) is 5.69 Å². The van der Waals surface area contributed by atoms with Gasteiger partial charge in [0.1, 0.15) is 5.65 Å². The molecule has 0 amide bonds. The lowest BCUT2D eigenvalue weighted by Crippen LogP contribution is -2.07. The summed E-state index contributed by atoms with van der Waals surface area (Å²) in [6, 6.07) is 5.59.